The van der Waals surface area contributed by atoms with Gasteiger partial charge in [0.1, 0.15) is 17.3 Å². The van der Waals surface area contributed by atoms with E-state index in [1.54, 1.807) is 11.1 Å². The second kappa shape index (κ2) is 9.30. The second-order valence-corrected chi connectivity index (χ2v) is 7.78. The topological polar surface area (TPSA) is 55.6 Å². The van der Waals surface area contributed by atoms with Crippen molar-refractivity contribution in [3.63, 3.8) is 0 Å². The standard InChI is InChI=1S/C23H22ClFN2O3/c24-20-12-18(8-9-21(20)25)29-15-22(28)27-10-4-7-17(14-27)23-26-13-19(30-23)11-16-5-2-1-3-6-16/h1-3,5-6,8-9,12-13,17H,4,7,10-11,14-15H2. The van der Waals surface area contributed by atoms with Crippen molar-refractivity contribution >= 4 is 17.5 Å². The summed E-state index contributed by atoms with van der Waals surface area (Å²) in [6.45, 7) is 1.08. The number of aromatic nitrogens is 1. The van der Waals surface area contributed by atoms with Gasteiger partial charge in [-0.3, -0.25) is 4.79 Å². The van der Waals surface area contributed by atoms with Gasteiger partial charge in [0.2, 0.25) is 0 Å². The van der Waals surface area contributed by atoms with E-state index in [2.05, 4.69) is 17.1 Å². The van der Waals surface area contributed by atoms with Gasteiger partial charge in [0.05, 0.1) is 17.1 Å². The zero-order valence-electron chi connectivity index (χ0n) is 16.4. The Hall–Kier alpha value is -2.86. The van der Waals surface area contributed by atoms with Crippen molar-refractivity contribution in [2.24, 2.45) is 0 Å². The third-order valence-electron chi connectivity index (χ3n) is 5.17. The number of ether oxygens (including phenoxy) is 1. The van der Waals surface area contributed by atoms with Crippen LogP contribution in [0.15, 0.2) is 59.1 Å². The highest BCUT2D eigenvalue weighted by Gasteiger charge is 2.28. The van der Waals surface area contributed by atoms with Gasteiger partial charge in [-0.05, 0) is 30.5 Å². The maximum absolute atomic E-state index is 13.2. The van der Waals surface area contributed by atoms with Crippen LogP contribution in [-0.2, 0) is 11.2 Å². The van der Waals surface area contributed by atoms with Crippen molar-refractivity contribution in [2.45, 2.75) is 25.2 Å². The minimum atomic E-state index is -0.521. The highest BCUT2D eigenvalue weighted by molar-refractivity contribution is 6.30. The predicted octanol–water partition coefficient (Wildman–Crippen LogP) is 4.84. The van der Waals surface area contributed by atoms with Crippen molar-refractivity contribution in [2.75, 3.05) is 19.7 Å². The number of halogens is 2. The van der Waals surface area contributed by atoms with Crippen LogP contribution in [0.25, 0.3) is 0 Å². The summed E-state index contributed by atoms with van der Waals surface area (Å²) in [7, 11) is 0. The minimum Gasteiger partial charge on any atom is -0.484 e. The van der Waals surface area contributed by atoms with Gasteiger partial charge in [-0.25, -0.2) is 9.37 Å². The molecule has 1 fully saturated rings. The first kappa shape index (κ1) is 20.4. The number of nitrogens with zero attached hydrogens (tertiary/aromatic N) is 2. The van der Waals surface area contributed by atoms with Gasteiger partial charge in [-0.2, -0.15) is 0 Å². The van der Waals surface area contributed by atoms with E-state index in [1.165, 1.54) is 23.8 Å². The Labute approximate surface area is 179 Å². The Kier molecular flexibility index (Phi) is 6.33. The first-order chi connectivity index (χ1) is 14.6. The molecule has 2 heterocycles. The molecule has 2 aromatic carbocycles. The summed E-state index contributed by atoms with van der Waals surface area (Å²) in [6.07, 6.45) is 4.25. The Morgan fingerprint density at radius 1 is 1.27 bits per heavy atom. The number of carbonyl (C=O) groups excluding carboxylic acids is 1. The molecule has 0 saturated carbocycles. The Morgan fingerprint density at radius 2 is 2.10 bits per heavy atom. The molecule has 1 unspecified atom stereocenters. The lowest BCUT2D eigenvalue weighted by molar-refractivity contribution is -0.134. The van der Waals surface area contributed by atoms with Gasteiger partial charge in [-0.1, -0.05) is 41.9 Å². The summed E-state index contributed by atoms with van der Waals surface area (Å²) in [4.78, 5) is 18.8. The van der Waals surface area contributed by atoms with E-state index < -0.39 is 5.82 Å². The molecule has 0 aliphatic carbocycles. The van der Waals surface area contributed by atoms with Crippen LogP contribution in [0, 0.1) is 5.82 Å². The summed E-state index contributed by atoms with van der Waals surface area (Å²) in [5, 5.41) is -0.0341. The third kappa shape index (κ3) is 5.00. The zero-order valence-corrected chi connectivity index (χ0v) is 17.1. The van der Waals surface area contributed by atoms with Gasteiger partial charge in [0.15, 0.2) is 12.5 Å². The van der Waals surface area contributed by atoms with E-state index >= 15 is 0 Å². The van der Waals surface area contributed by atoms with Crippen molar-refractivity contribution in [3.8, 4) is 5.75 Å². The molecule has 4 rings (SSSR count). The molecule has 1 aliphatic rings. The molecule has 30 heavy (non-hydrogen) atoms. The summed E-state index contributed by atoms with van der Waals surface area (Å²) in [5.74, 6) is 1.26. The molecule has 0 N–H and O–H groups in total. The van der Waals surface area contributed by atoms with Crippen LogP contribution in [0.4, 0.5) is 4.39 Å². The third-order valence-corrected chi connectivity index (χ3v) is 5.46. The maximum atomic E-state index is 13.2. The quantitative estimate of drug-likeness (QED) is 0.563. The Bertz CT molecular complexity index is 1010. The van der Waals surface area contributed by atoms with E-state index in [1.807, 2.05) is 18.2 Å². The molecule has 1 aromatic heterocycles. The lowest BCUT2D eigenvalue weighted by atomic mass is 9.98. The lowest BCUT2D eigenvalue weighted by Gasteiger charge is -2.31. The largest absolute Gasteiger partial charge is 0.484 e. The minimum absolute atomic E-state index is 0.0341. The molecule has 1 aliphatic heterocycles. The van der Waals surface area contributed by atoms with Crippen LogP contribution in [0.2, 0.25) is 5.02 Å². The zero-order chi connectivity index (χ0) is 20.9. The number of hydrogen-bond donors (Lipinski definition) is 0. The molecule has 5 nitrogen and oxygen atoms in total. The second-order valence-electron chi connectivity index (χ2n) is 7.37. The van der Waals surface area contributed by atoms with E-state index in [0.717, 1.165) is 18.6 Å². The van der Waals surface area contributed by atoms with Crippen LogP contribution in [0.5, 0.6) is 5.75 Å². The number of oxazole rings is 1. The Morgan fingerprint density at radius 3 is 2.90 bits per heavy atom. The molecular weight excluding hydrogens is 407 g/mol. The fraction of sp³-hybridized carbons (Fsp3) is 0.304. The number of likely N-dealkylation sites (tertiary alicyclic amines) is 1. The molecule has 0 radical (unpaired) electrons. The van der Waals surface area contributed by atoms with Gasteiger partial charge < -0.3 is 14.1 Å². The highest BCUT2D eigenvalue weighted by atomic mass is 35.5. The number of benzene rings is 2. The first-order valence-electron chi connectivity index (χ1n) is 9.92. The SMILES string of the molecule is O=C(COc1ccc(F)c(Cl)c1)N1CCCC(c2ncc(Cc3ccccc3)o2)C1. The van der Waals surface area contributed by atoms with Crippen molar-refractivity contribution in [3.05, 3.63) is 82.8 Å². The predicted molar refractivity (Wildman–Crippen MR) is 111 cm³/mol. The van der Waals surface area contributed by atoms with Crippen LogP contribution in [0.1, 0.15) is 36.0 Å². The molecule has 1 saturated heterocycles. The van der Waals surface area contributed by atoms with Gasteiger partial charge in [0, 0.05) is 25.6 Å². The average Bonchev–Trinajstić information content (AvgIpc) is 3.23. The van der Waals surface area contributed by atoms with Crippen molar-refractivity contribution in [1.29, 1.82) is 0 Å². The summed E-state index contributed by atoms with van der Waals surface area (Å²) in [5.41, 5.74) is 1.17. The molecule has 156 valence electrons. The van der Waals surface area contributed by atoms with E-state index in [-0.39, 0.29) is 23.5 Å². The van der Waals surface area contributed by atoms with Crippen LogP contribution in [0.3, 0.4) is 0 Å². The van der Waals surface area contributed by atoms with E-state index in [9.17, 15) is 9.18 Å². The number of carbonyl (C=O) groups is 1. The maximum Gasteiger partial charge on any atom is 0.260 e. The fourth-order valence-electron chi connectivity index (χ4n) is 3.60. The number of amides is 1. The van der Waals surface area contributed by atoms with E-state index in [0.29, 0.717) is 31.2 Å². The Balaban J connectivity index is 1.33. The lowest BCUT2D eigenvalue weighted by Crippen LogP contribution is -2.41. The van der Waals surface area contributed by atoms with Crippen LogP contribution >= 0.6 is 11.6 Å². The normalized spacial score (nSPS) is 16.5. The monoisotopic (exact) mass is 428 g/mol. The summed E-state index contributed by atoms with van der Waals surface area (Å²) >= 11 is 5.75. The number of piperidine rings is 1. The fourth-order valence-corrected chi connectivity index (χ4v) is 3.77. The van der Waals surface area contributed by atoms with Crippen molar-refractivity contribution in [1.82, 2.24) is 9.88 Å². The smallest absolute Gasteiger partial charge is 0.260 e. The molecule has 1 amide bonds. The van der Waals surface area contributed by atoms with Gasteiger partial charge >= 0.3 is 0 Å². The van der Waals surface area contributed by atoms with E-state index in [4.69, 9.17) is 20.8 Å². The summed E-state index contributed by atoms with van der Waals surface area (Å²) in [6, 6.07) is 14.1. The average molecular weight is 429 g/mol. The summed E-state index contributed by atoms with van der Waals surface area (Å²) < 4.78 is 24.7. The number of rotatable bonds is 6. The first-order valence-corrected chi connectivity index (χ1v) is 10.3. The number of hydrogen-bond acceptors (Lipinski definition) is 4. The molecule has 0 bridgehead atoms. The molecule has 1 atom stereocenters. The van der Waals surface area contributed by atoms with Crippen molar-refractivity contribution < 1.29 is 18.3 Å². The molecule has 0 spiro atoms. The molecule has 3 aromatic rings. The molecular formula is C23H22ClFN2O3. The van der Waals surface area contributed by atoms with Crippen LogP contribution in [-0.4, -0.2) is 35.5 Å². The van der Waals surface area contributed by atoms with Crippen LogP contribution < -0.4 is 4.74 Å². The molecule has 7 heteroatoms. The van der Waals surface area contributed by atoms with Gasteiger partial charge in [-0.15, -0.1) is 0 Å². The highest BCUT2D eigenvalue weighted by Crippen LogP contribution is 2.27. The van der Waals surface area contributed by atoms with Gasteiger partial charge in [0.25, 0.3) is 5.91 Å².